The molecule has 0 saturated carbocycles. The van der Waals surface area contributed by atoms with Crippen LogP contribution in [0.5, 0.6) is 0 Å². The molecule has 4 rings (SSSR count). The van der Waals surface area contributed by atoms with Crippen molar-refractivity contribution in [1.82, 2.24) is 4.57 Å². The number of carboxylic acids is 1. The topological polar surface area (TPSA) is 85.9 Å². The molecular formula is C33H41FN2O4S. The van der Waals surface area contributed by atoms with E-state index in [1.807, 2.05) is 30.3 Å². The predicted octanol–water partition coefficient (Wildman–Crippen LogP) is 7.50. The van der Waals surface area contributed by atoms with E-state index in [1.165, 1.54) is 17.7 Å². The zero-order valence-corrected chi connectivity index (χ0v) is 24.9. The van der Waals surface area contributed by atoms with E-state index in [4.69, 9.17) is 5.11 Å². The van der Waals surface area contributed by atoms with E-state index < -0.39 is 24.6 Å². The highest BCUT2D eigenvalue weighted by Crippen LogP contribution is 2.47. The third kappa shape index (κ3) is 7.82. The summed E-state index contributed by atoms with van der Waals surface area (Å²) in [6.07, 6.45) is 4.54. The van der Waals surface area contributed by atoms with E-state index >= 15 is 0 Å². The number of hydrogen-bond donors (Lipinski definition) is 3. The number of aliphatic hydroxyl groups excluding tert-OH is 2. The fourth-order valence-electron chi connectivity index (χ4n) is 5.61. The zero-order chi connectivity index (χ0) is 29.5. The number of halogens is 1. The first-order valence-electron chi connectivity index (χ1n) is 14.4. The Labute approximate surface area is 246 Å². The molecular weight excluding hydrogens is 539 g/mol. The van der Waals surface area contributed by atoms with Gasteiger partial charge < -0.3 is 24.2 Å². The van der Waals surface area contributed by atoms with Gasteiger partial charge in [-0.1, -0.05) is 38.1 Å². The third-order valence-corrected chi connectivity index (χ3v) is 8.60. The lowest BCUT2D eigenvalue weighted by Crippen LogP contribution is -2.22. The van der Waals surface area contributed by atoms with Crippen molar-refractivity contribution in [2.24, 2.45) is 0 Å². The van der Waals surface area contributed by atoms with Crippen molar-refractivity contribution in [3.05, 3.63) is 77.7 Å². The van der Waals surface area contributed by atoms with Gasteiger partial charge in [-0.3, -0.25) is 4.79 Å². The molecule has 1 aliphatic rings. The van der Waals surface area contributed by atoms with Crippen molar-refractivity contribution in [3.63, 3.8) is 0 Å². The lowest BCUT2D eigenvalue weighted by Gasteiger charge is -2.22. The maximum Gasteiger partial charge on any atom is 0.305 e. The first-order chi connectivity index (χ1) is 19.7. The van der Waals surface area contributed by atoms with Crippen LogP contribution < -0.4 is 4.31 Å². The molecule has 8 heteroatoms. The summed E-state index contributed by atoms with van der Waals surface area (Å²) in [5, 5.41) is 29.9. The van der Waals surface area contributed by atoms with Crippen LogP contribution in [0.2, 0.25) is 0 Å². The molecule has 2 aromatic carbocycles. The Morgan fingerprint density at radius 1 is 1.05 bits per heavy atom. The monoisotopic (exact) mass is 580 g/mol. The van der Waals surface area contributed by atoms with Gasteiger partial charge in [-0.25, -0.2) is 4.39 Å². The molecule has 0 aliphatic heterocycles. The lowest BCUT2D eigenvalue weighted by molar-refractivity contribution is -0.139. The van der Waals surface area contributed by atoms with Crippen LogP contribution in [0.1, 0.15) is 76.0 Å². The summed E-state index contributed by atoms with van der Waals surface area (Å²) in [7, 11) is 2.06. The van der Waals surface area contributed by atoms with Gasteiger partial charge in [0.1, 0.15) is 5.82 Å². The molecule has 1 heterocycles. The fourth-order valence-corrected chi connectivity index (χ4v) is 6.87. The van der Waals surface area contributed by atoms with Crippen LogP contribution in [-0.4, -0.2) is 45.1 Å². The van der Waals surface area contributed by atoms with Crippen molar-refractivity contribution in [2.75, 3.05) is 11.4 Å². The molecule has 0 bridgehead atoms. The third-order valence-electron chi connectivity index (χ3n) is 7.52. The van der Waals surface area contributed by atoms with Crippen molar-refractivity contribution in [1.29, 1.82) is 0 Å². The van der Waals surface area contributed by atoms with Gasteiger partial charge in [-0.2, -0.15) is 0 Å². The number of benzene rings is 2. The summed E-state index contributed by atoms with van der Waals surface area (Å²) in [6.45, 7) is 4.80. The summed E-state index contributed by atoms with van der Waals surface area (Å²) in [5.74, 6) is -1.24. The van der Waals surface area contributed by atoms with E-state index in [0.717, 1.165) is 58.8 Å². The Morgan fingerprint density at radius 2 is 1.76 bits per heavy atom. The number of rotatable bonds is 13. The van der Waals surface area contributed by atoms with Gasteiger partial charge in [0.2, 0.25) is 0 Å². The number of hydrogen-bond acceptors (Lipinski definition) is 5. The lowest BCUT2D eigenvalue weighted by atomic mass is 9.91. The number of para-hydroxylation sites is 1. The maximum atomic E-state index is 14.1. The van der Waals surface area contributed by atoms with Gasteiger partial charge in [0.25, 0.3) is 0 Å². The minimum atomic E-state index is -1.11. The Balaban J connectivity index is 1.85. The minimum absolute atomic E-state index is 0.00712. The first kappa shape index (κ1) is 30.9. The molecule has 2 atom stereocenters. The molecule has 0 amide bonds. The molecule has 3 aromatic rings. The molecule has 6 nitrogen and oxygen atoms in total. The molecule has 0 radical (unpaired) electrons. The van der Waals surface area contributed by atoms with Gasteiger partial charge in [0.05, 0.1) is 29.2 Å². The molecule has 0 saturated heterocycles. The molecule has 220 valence electrons. The van der Waals surface area contributed by atoms with E-state index in [2.05, 4.69) is 48.0 Å². The van der Waals surface area contributed by atoms with E-state index in [9.17, 15) is 19.4 Å². The van der Waals surface area contributed by atoms with Crippen LogP contribution in [0.15, 0.2) is 65.6 Å². The molecule has 0 spiro atoms. The van der Waals surface area contributed by atoms with Crippen LogP contribution in [0, 0.1) is 5.82 Å². The Bertz CT molecular complexity index is 1340. The van der Waals surface area contributed by atoms with Crippen LogP contribution in [0.25, 0.3) is 16.8 Å². The quantitative estimate of drug-likeness (QED) is 0.182. The standard InChI is InChI=1S/C33H41FN2O4S/c1-22(2)31-33(41-35(3)26-12-8-5-9-13-26)30(23-10-6-4-7-11-23)32(24-14-16-25(34)17-15-24)36(31)19-18-27(37)20-28(38)21-29(39)40/h5,8-10,12-17,22,27-28,37-38H,4,6-7,11,18-21H2,1-3H3,(H,39,40)/t27-,28?/m1/s1. The van der Waals surface area contributed by atoms with Crippen LogP contribution >= 0.6 is 11.9 Å². The minimum Gasteiger partial charge on any atom is -0.481 e. The van der Waals surface area contributed by atoms with Crippen LogP contribution in [0.4, 0.5) is 10.1 Å². The Morgan fingerprint density at radius 3 is 2.37 bits per heavy atom. The number of anilines is 1. The van der Waals surface area contributed by atoms with Gasteiger partial charge in [0.15, 0.2) is 0 Å². The molecule has 41 heavy (non-hydrogen) atoms. The number of allylic oxidation sites excluding steroid dienone is 2. The number of aliphatic carboxylic acids is 1. The van der Waals surface area contributed by atoms with E-state index in [-0.39, 0.29) is 18.2 Å². The largest absolute Gasteiger partial charge is 0.481 e. The number of carboxylic acid groups (broad SMARTS) is 1. The number of aromatic nitrogens is 1. The average Bonchev–Trinajstić information content (AvgIpc) is 3.26. The first-order valence-corrected chi connectivity index (χ1v) is 15.2. The van der Waals surface area contributed by atoms with Crippen molar-refractivity contribution in [2.45, 2.75) is 88.4 Å². The molecule has 1 aromatic heterocycles. The molecule has 0 fully saturated rings. The SMILES string of the molecule is CC(C)c1c(SN(C)c2ccccc2)c(C2=CCCCC2)c(-c2ccc(F)cc2)n1CC[C@@H](O)CC(O)CC(=O)O. The summed E-state index contributed by atoms with van der Waals surface area (Å²) in [4.78, 5) is 12.2. The van der Waals surface area contributed by atoms with Crippen LogP contribution in [0.3, 0.4) is 0 Å². The molecule has 3 N–H and O–H groups in total. The van der Waals surface area contributed by atoms with Gasteiger partial charge in [-0.15, -0.1) is 0 Å². The van der Waals surface area contributed by atoms with Crippen molar-refractivity contribution >= 4 is 29.2 Å². The second-order valence-electron chi connectivity index (χ2n) is 11.1. The van der Waals surface area contributed by atoms with Crippen molar-refractivity contribution in [3.8, 4) is 11.3 Å². The smallest absolute Gasteiger partial charge is 0.305 e. The summed E-state index contributed by atoms with van der Waals surface area (Å²) < 4.78 is 18.5. The highest BCUT2D eigenvalue weighted by molar-refractivity contribution is 8.00. The summed E-state index contributed by atoms with van der Waals surface area (Å²) >= 11 is 1.69. The Hall–Kier alpha value is -3.07. The van der Waals surface area contributed by atoms with Gasteiger partial charge in [0, 0.05) is 30.5 Å². The zero-order valence-electron chi connectivity index (χ0n) is 24.1. The number of carbonyl (C=O) groups is 1. The second kappa shape index (κ2) is 14.2. The highest BCUT2D eigenvalue weighted by atomic mass is 32.2. The van der Waals surface area contributed by atoms with Crippen molar-refractivity contribution < 1.29 is 24.5 Å². The van der Waals surface area contributed by atoms with E-state index in [1.54, 1.807) is 11.9 Å². The maximum absolute atomic E-state index is 14.1. The normalized spacial score (nSPS) is 15.0. The predicted molar refractivity (Wildman–Crippen MR) is 165 cm³/mol. The highest BCUT2D eigenvalue weighted by Gasteiger charge is 2.30. The number of aliphatic hydroxyl groups is 2. The summed E-state index contributed by atoms with van der Waals surface area (Å²) in [6, 6.07) is 16.8. The van der Waals surface area contributed by atoms with Gasteiger partial charge in [-0.05, 0) is 104 Å². The average molecular weight is 581 g/mol. The summed E-state index contributed by atoms with van der Waals surface area (Å²) in [5.41, 5.74) is 6.57. The Kier molecular flexibility index (Phi) is 10.7. The van der Waals surface area contributed by atoms with Gasteiger partial charge >= 0.3 is 5.97 Å². The fraction of sp³-hybridized carbons (Fsp3) is 0.424. The second-order valence-corrected chi connectivity index (χ2v) is 12.2. The molecule has 1 unspecified atom stereocenters. The van der Waals surface area contributed by atoms with E-state index in [0.29, 0.717) is 13.0 Å². The van der Waals surface area contributed by atoms with Crippen LogP contribution in [-0.2, 0) is 11.3 Å². The number of nitrogens with zero attached hydrogens (tertiary/aromatic N) is 2. The molecule has 1 aliphatic carbocycles.